The van der Waals surface area contributed by atoms with Crippen molar-refractivity contribution in [3.63, 3.8) is 0 Å². The zero-order valence-corrected chi connectivity index (χ0v) is 7.33. The predicted molar refractivity (Wildman–Crippen MR) is 48.8 cm³/mol. The Morgan fingerprint density at radius 1 is 1.58 bits per heavy atom. The van der Waals surface area contributed by atoms with Gasteiger partial charge in [-0.25, -0.2) is 0 Å². The van der Waals surface area contributed by atoms with Gasteiger partial charge in [0, 0.05) is 18.4 Å². The topological polar surface area (TPSA) is 24.9 Å². The molecule has 2 heteroatoms. The first kappa shape index (κ1) is 7.74. The van der Waals surface area contributed by atoms with Crippen molar-refractivity contribution in [2.45, 2.75) is 18.9 Å². The fraction of sp³-hybridized carbons (Fsp3) is 0.500. The Morgan fingerprint density at radius 3 is 2.92 bits per heavy atom. The lowest BCUT2D eigenvalue weighted by Crippen LogP contribution is -2.18. The summed E-state index contributed by atoms with van der Waals surface area (Å²) in [7, 11) is 2.02. The van der Waals surface area contributed by atoms with Crippen LogP contribution in [0, 0.1) is 5.92 Å². The molecule has 1 aliphatic carbocycles. The maximum atomic E-state index is 4.12. The molecule has 2 nitrogen and oxygen atoms in total. The van der Waals surface area contributed by atoms with Crippen molar-refractivity contribution in [2.24, 2.45) is 5.92 Å². The van der Waals surface area contributed by atoms with Gasteiger partial charge in [0.2, 0.25) is 0 Å². The Bertz CT molecular complexity index is 241. The number of nitrogens with zero attached hydrogens (tertiary/aromatic N) is 1. The largest absolute Gasteiger partial charge is 0.313 e. The quantitative estimate of drug-likeness (QED) is 0.732. The van der Waals surface area contributed by atoms with Gasteiger partial charge in [0.25, 0.3) is 0 Å². The lowest BCUT2D eigenvalue weighted by atomic mass is 10.1. The van der Waals surface area contributed by atoms with E-state index in [0.717, 1.165) is 5.92 Å². The third-order valence-corrected chi connectivity index (χ3v) is 2.45. The number of hydrogen-bond acceptors (Lipinski definition) is 2. The molecule has 1 atom stereocenters. The number of nitrogens with one attached hydrogen (secondary N) is 1. The molecule has 0 unspecified atom stereocenters. The van der Waals surface area contributed by atoms with Crippen molar-refractivity contribution in [1.82, 2.24) is 10.3 Å². The predicted octanol–water partition coefficient (Wildman–Crippen LogP) is 1.75. The van der Waals surface area contributed by atoms with Gasteiger partial charge in [0.1, 0.15) is 0 Å². The zero-order chi connectivity index (χ0) is 8.39. The molecule has 12 heavy (non-hydrogen) atoms. The Morgan fingerprint density at radius 2 is 2.42 bits per heavy atom. The summed E-state index contributed by atoms with van der Waals surface area (Å²) < 4.78 is 0. The Kier molecular flexibility index (Phi) is 2.09. The van der Waals surface area contributed by atoms with Crippen LogP contribution in [0.5, 0.6) is 0 Å². The molecule has 1 aromatic rings. The van der Waals surface area contributed by atoms with Crippen molar-refractivity contribution < 1.29 is 0 Å². The van der Waals surface area contributed by atoms with Gasteiger partial charge in [-0.05, 0) is 37.4 Å². The van der Waals surface area contributed by atoms with Crippen LogP contribution in [0.15, 0.2) is 24.5 Å². The highest BCUT2D eigenvalue weighted by atomic mass is 14.9. The van der Waals surface area contributed by atoms with E-state index >= 15 is 0 Å². The number of rotatable bonds is 3. The van der Waals surface area contributed by atoms with Crippen LogP contribution < -0.4 is 5.32 Å². The van der Waals surface area contributed by atoms with Gasteiger partial charge in [0.05, 0.1) is 0 Å². The first-order chi connectivity index (χ1) is 5.92. The van der Waals surface area contributed by atoms with Gasteiger partial charge in [-0.3, -0.25) is 4.98 Å². The molecule has 0 saturated heterocycles. The summed E-state index contributed by atoms with van der Waals surface area (Å²) in [5.41, 5.74) is 1.32. The number of hydrogen-bond donors (Lipinski definition) is 1. The Labute approximate surface area is 73.0 Å². The fourth-order valence-electron chi connectivity index (χ4n) is 1.66. The van der Waals surface area contributed by atoms with Crippen molar-refractivity contribution in [1.29, 1.82) is 0 Å². The molecule has 1 N–H and O–H groups in total. The molecular formula is C10H14N2. The van der Waals surface area contributed by atoms with Crippen LogP contribution in [0.2, 0.25) is 0 Å². The molecule has 0 bridgehead atoms. The van der Waals surface area contributed by atoms with Gasteiger partial charge in [0.15, 0.2) is 0 Å². The van der Waals surface area contributed by atoms with E-state index in [-0.39, 0.29) is 0 Å². The van der Waals surface area contributed by atoms with Crippen LogP contribution in [-0.4, -0.2) is 12.0 Å². The summed E-state index contributed by atoms with van der Waals surface area (Å²) in [6.45, 7) is 0. The maximum absolute atomic E-state index is 4.12. The highest BCUT2D eigenvalue weighted by Crippen LogP contribution is 2.40. The van der Waals surface area contributed by atoms with Gasteiger partial charge in [-0.2, -0.15) is 0 Å². The highest BCUT2D eigenvalue weighted by molar-refractivity contribution is 5.16. The summed E-state index contributed by atoms with van der Waals surface area (Å²) in [6.07, 6.45) is 6.50. The molecule has 1 aliphatic rings. The Hall–Kier alpha value is -0.890. The molecule has 0 aliphatic heterocycles. The van der Waals surface area contributed by atoms with Gasteiger partial charge >= 0.3 is 0 Å². The minimum atomic E-state index is 0.527. The number of aromatic nitrogens is 1. The third kappa shape index (κ3) is 1.48. The van der Waals surface area contributed by atoms with E-state index in [9.17, 15) is 0 Å². The molecular weight excluding hydrogens is 148 g/mol. The molecule has 1 heterocycles. The fourth-order valence-corrected chi connectivity index (χ4v) is 1.66. The molecule has 1 fully saturated rings. The van der Waals surface area contributed by atoms with Crippen molar-refractivity contribution >= 4 is 0 Å². The lowest BCUT2D eigenvalue weighted by Gasteiger charge is -2.14. The monoisotopic (exact) mass is 162 g/mol. The second-order valence-electron chi connectivity index (χ2n) is 3.39. The van der Waals surface area contributed by atoms with Crippen LogP contribution in [0.25, 0.3) is 0 Å². The van der Waals surface area contributed by atoms with E-state index in [4.69, 9.17) is 0 Å². The summed E-state index contributed by atoms with van der Waals surface area (Å²) >= 11 is 0. The average Bonchev–Trinajstić information content (AvgIpc) is 2.92. The molecule has 0 aromatic carbocycles. The molecule has 0 amide bonds. The minimum absolute atomic E-state index is 0.527. The van der Waals surface area contributed by atoms with E-state index in [0.29, 0.717) is 6.04 Å². The summed E-state index contributed by atoms with van der Waals surface area (Å²) in [5.74, 6) is 0.846. The summed E-state index contributed by atoms with van der Waals surface area (Å²) in [6, 6.07) is 4.67. The van der Waals surface area contributed by atoms with Crippen molar-refractivity contribution in [3.8, 4) is 0 Å². The minimum Gasteiger partial charge on any atom is -0.313 e. The first-order valence-corrected chi connectivity index (χ1v) is 4.49. The SMILES string of the molecule is CN[C@@H](c1cccnc1)C1CC1. The highest BCUT2D eigenvalue weighted by Gasteiger charge is 2.30. The normalized spacial score (nSPS) is 19.1. The Balaban J connectivity index is 2.15. The maximum Gasteiger partial charge on any atom is 0.0361 e. The molecule has 0 spiro atoms. The molecule has 64 valence electrons. The van der Waals surface area contributed by atoms with E-state index in [1.165, 1.54) is 18.4 Å². The van der Waals surface area contributed by atoms with Crippen LogP contribution in [0.4, 0.5) is 0 Å². The van der Waals surface area contributed by atoms with E-state index in [2.05, 4.69) is 16.4 Å². The van der Waals surface area contributed by atoms with Gasteiger partial charge < -0.3 is 5.32 Å². The molecule has 1 aromatic heterocycles. The van der Waals surface area contributed by atoms with E-state index in [1.807, 2.05) is 25.5 Å². The van der Waals surface area contributed by atoms with E-state index in [1.54, 1.807) is 0 Å². The molecule has 0 radical (unpaired) electrons. The summed E-state index contributed by atoms with van der Waals surface area (Å²) in [5, 5.41) is 3.34. The van der Waals surface area contributed by atoms with Crippen LogP contribution in [0.3, 0.4) is 0 Å². The van der Waals surface area contributed by atoms with Crippen LogP contribution in [-0.2, 0) is 0 Å². The average molecular weight is 162 g/mol. The molecule has 2 rings (SSSR count). The number of pyridine rings is 1. The third-order valence-electron chi connectivity index (χ3n) is 2.45. The first-order valence-electron chi connectivity index (χ1n) is 4.49. The second-order valence-corrected chi connectivity index (χ2v) is 3.39. The van der Waals surface area contributed by atoms with Crippen LogP contribution >= 0.6 is 0 Å². The van der Waals surface area contributed by atoms with Crippen molar-refractivity contribution in [2.75, 3.05) is 7.05 Å². The molecule has 1 saturated carbocycles. The lowest BCUT2D eigenvalue weighted by molar-refractivity contribution is 0.527. The smallest absolute Gasteiger partial charge is 0.0361 e. The summed E-state index contributed by atoms with van der Waals surface area (Å²) in [4.78, 5) is 4.12. The standard InChI is InChI=1S/C10H14N2/c1-11-10(8-4-5-8)9-3-2-6-12-7-9/h2-3,6-8,10-11H,4-5H2,1H3/t10-/m1/s1. The van der Waals surface area contributed by atoms with Crippen molar-refractivity contribution in [3.05, 3.63) is 30.1 Å². The van der Waals surface area contributed by atoms with E-state index < -0.39 is 0 Å². The van der Waals surface area contributed by atoms with Gasteiger partial charge in [-0.15, -0.1) is 0 Å². The van der Waals surface area contributed by atoms with Gasteiger partial charge in [-0.1, -0.05) is 6.07 Å². The van der Waals surface area contributed by atoms with Crippen LogP contribution in [0.1, 0.15) is 24.4 Å². The zero-order valence-electron chi connectivity index (χ0n) is 7.33. The second kappa shape index (κ2) is 3.23.